The van der Waals surface area contributed by atoms with Crippen molar-refractivity contribution < 1.29 is 9.53 Å². The molecule has 1 heterocycles. The number of thiazole rings is 1. The number of nitrogens with zero attached hydrogens (tertiary/aromatic N) is 1. The predicted octanol–water partition coefficient (Wildman–Crippen LogP) is 3.17. The van der Waals surface area contributed by atoms with E-state index in [9.17, 15) is 4.79 Å². The third kappa shape index (κ3) is 3.81. The highest BCUT2D eigenvalue weighted by Gasteiger charge is 2.13. The Bertz CT molecular complexity index is 593. The number of aromatic nitrogens is 1. The summed E-state index contributed by atoms with van der Waals surface area (Å²) in [7, 11) is 0. The predicted molar refractivity (Wildman–Crippen MR) is 80.2 cm³/mol. The van der Waals surface area contributed by atoms with Gasteiger partial charge in [0, 0.05) is 11.1 Å². The molecule has 0 radical (unpaired) electrons. The molecule has 0 aliphatic heterocycles. The van der Waals surface area contributed by atoms with E-state index in [2.05, 4.69) is 10.3 Å². The zero-order valence-electron chi connectivity index (χ0n) is 11.8. The number of hydrogen-bond donors (Lipinski definition) is 1. The molecule has 1 aromatic carbocycles. The lowest BCUT2D eigenvalue weighted by Crippen LogP contribution is -2.24. The quantitative estimate of drug-likeness (QED) is 0.920. The first kappa shape index (κ1) is 14.5. The monoisotopic (exact) mass is 290 g/mol. The Balaban J connectivity index is 2.05. The molecular weight excluding hydrogens is 272 g/mol. The van der Waals surface area contributed by atoms with Crippen molar-refractivity contribution in [2.45, 2.75) is 33.4 Å². The highest BCUT2D eigenvalue weighted by molar-refractivity contribution is 7.11. The van der Waals surface area contributed by atoms with Crippen molar-refractivity contribution in [2.24, 2.45) is 0 Å². The van der Waals surface area contributed by atoms with Crippen molar-refractivity contribution in [3.8, 4) is 5.75 Å². The van der Waals surface area contributed by atoms with Gasteiger partial charge in [-0.1, -0.05) is 12.1 Å². The van der Waals surface area contributed by atoms with Crippen molar-refractivity contribution in [1.82, 2.24) is 10.3 Å². The van der Waals surface area contributed by atoms with Crippen LogP contribution in [0.25, 0.3) is 0 Å². The van der Waals surface area contributed by atoms with E-state index in [1.54, 1.807) is 17.4 Å². The van der Waals surface area contributed by atoms with Crippen LogP contribution in [0.4, 0.5) is 0 Å². The van der Waals surface area contributed by atoms with Crippen molar-refractivity contribution in [2.75, 3.05) is 0 Å². The summed E-state index contributed by atoms with van der Waals surface area (Å²) in [6.07, 6.45) is 1.84. The number of ether oxygens (including phenoxy) is 1. The van der Waals surface area contributed by atoms with Gasteiger partial charge in [0.05, 0.1) is 18.2 Å². The standard InChI is InChI=1S/C15H18N2O2S/c1-10(2)19-13-7-5-4-6-12(13)15(18)17-9-14-16-8-11(3)20-14/h4-8,10H,9H2,1-3H3,(H,17,18). The first-order valence-corrected chi connectivity index (χ1v) is 7.33. The lowest BCUT2D eigenvalue weighted by atomic mass is 10.2. The van der Waals surface area contributed by atoms with Gasteiger partial charge in [0.15, 0.2) is 0 Å². The largest absolute Gasteiger partial charge is 0.490 e. The summed E-state index contributed by atoms with van der Waals surface area (Å²) in [4.78, 5) is 17.6. The first-order valence-electron chi connectivity index (χ1n) is 6.51. The van der Waals surface area contributed by atoms with Crippen LogP contribution in [0.2, 0.25) is 0 Å². The summed E-state index contributed by atoms with van der Waals surface area (Å²) in [6, 6.07) is 7.26. The molecule has 5 heteroatoms. The van der Waals surface area contributed by atoms with Gasteiger partial charge in [-0.2, -0.15) is 0 Å². The van der Waals surface area contributed by atoms with Crippen LogP contribution in [0.1, 0.15) is 34.1 Å². The van der Waals surface area contributed by atoms with E-state index in [1.807, 2.05) is 45.2 Å². The second-order valence-corrected chi connectivity index (χ2v) is 6.03. The summed E-state index contributed by atoms with van der Waals surface area (Å²) >= 11 is 1.58. The molecule has 0 unspecified atom stereocenters. The van der Waals surface area contributed by atoms with Crippen molar-refractivity contribution >= 4 is 17.2 Å². The second kappa shape index (κ2) is 6.52. The fourth-order valence-electron chi connectivity index (χ4n) is 1.75. The smallest absolute Gasteiger partial charge is 0.255 e. The van der Waals surface area contributed by atoms with Gasteiger partial charge in [0.1, 0.15) is 10.8 Å². The van der Waals surface area contributed by atoms with Gasteiger partial charge in [-0.05, 0) is 32.9 Å². The Labute approximate surface area is 122 Å². The molecule has 1 N–H and O–H groups in total. The topological polar surface area (TPSA) is 51.2 Å². The number of hydrogen-bond acceptors (Lipinski definition) is 4. The van der Waals surface area contributed by atoms with E-state index in [0.29, 0.717) is 17.9 Å². The van der Waals surface area contributed by atoms with Gasteiger partial charge in [-0.15, -0.1) is 11.3 Å². The van der Waals surface area contributed by atoms with Crippen LogP contribution in [0.5, 0.6) is 5.75 Å². The van der Waals surface area contributed by atoms with E-state index >= 15 is 0 Å². The van der Waals surface area contributed by atoms with E-state index in [-0.39, 0.29) is 12.0 Å². The molecule has 0 bridgehead atoms. The van der Waals surface area contributed by atoms with Gasteiger partial charge in [-0.25, -0.2) is 4.98 Å². The fraction of sp³-hybridized carbons (Fsp3) is 0.333. The SMILES string of the molecule is Cc1cnc(CNC(=O)c2ccccc2OC(C)C)s1. The van der Waals surface area contributed by atoms with E-state index in [4.69, 9.17) is 4.74 Å². The molecule has 1 aromatic heterocycles. The second-order valence-electron chi connectivity index (χ2n) is 4.71. The molecule has 0 aliphatic rings. The van der Waals surface area contributed by atoms with Crippen LogP contribution in [0.3, 0.4) is 0 Å². The summed E-state index contributed by atoms with van der Waals surface area (Å²) in [5.74, 6) is 0.462. The summed E-state index contributed by atoms with van der Waals surface area (Å²) in [6.45, 7) is 6.31. The lowest BCUT2D eigenvalue weighted by molar-refractivity contribution is 0.0945. The molecule has 4 nitrogen and oxygen atoms in total. The van der Waals surface area contributed by atoms with Crippen LogP contribution in [0.15, 0.2) is 30.5 Å². The fourth-order valence-corrected chi connectivity index (χ4v) is 2.47. The van der Waals surface area contributed by atoms with Crippen molar-refractivity contribution in [1.29, 1.82) is 0 Å². The Morgan fingerprint density at radius 1 is 1.40 bits per heavy atom. The van der Waals surface area contributed by atoms with Crippen molar-refractivity contribution in [3.63, 3.8) is 0 Å². The minimum atomic E-state index is -0.144. The third-order valence-corrected chi connectivity index (χ3v) is 3.48. The molecular formula is C15H18N2O2S. The maximum absolute atomic E-state index is 12.2. The molecule has 0 spiro atoms. The van der Waals surface area contributed by atoms with Crippen LogP contribution >= 0.6 is 11.3 Å². The highest BCUT2D eigenvalue weighted by Crippen LogP contribution is 2.19. The minimum absolute atomic E-state index is 0.0329. The number of para-hydroxylation sites is 1. The average Bonchev–Trinajstić information content (AvgIpc) is 2.82. The number of aryl methyl sites for hydroxylation is 1. The zero-order chi connectivity index (χ0) is 14.5. The van der Waals surface area contributed by atoms with Gasteiger partial charge in [0.25, 0.3) is 5.91 Å². The van der Waals surface area contributed by atoms with Gasteiger partial charge >= 0.3 is 0 Å². The van der Waals surface area contributed by atoms with Crippen LogP contribution in [-0.2, 0) is 6.54 Å². The van der Waals surface area contributed by atoms with Gasteiger partial charge in [0.2, 0.25) is 0 Å². The molecule has 2 aromatic rings. The maximum atomic E-state index is 12.2. The number of carbonyl (C=O) groups excluding carboxylic acids is 1. The number of benzene rings is 1. The molecule has 0 atom stereocenters. The highest BCUT2D eigenvalue weighted by atomic mass is 32.1. The molecule has 20 heavy (non-hydrogen) atoms. The van der Waals surface area contributed by atoms with Crippen molar-refractivity contribution in [3.05, 3.63) is 45.9 Å². The Morgan fingerprint density at radius 3 is 2.80 bits per heavy atom. The number of nitrogens with one attached hydrogen (secondary N) is 1. The summed E-state index contributed by atoms with van der Waals surface area (Å²) in [5.41, 5.74) is 0.550. The first-order chi connectivity index (χ1) is 9.56. The van der Waals surface area contributed by atoms with Crippen LogP contribution < -0.4 is 10.1 Å². The number of amides is 1. The van der Waals surface area contributed by atoms with Crippen LogP contribution in [-0.4, -0.2) is 17.0 Å². The Kier molecular flexibility index (Phi) is 4.74. The summed E-state index contributed by atoms with van der Waals surface area (Å²) < 4.78 is 5.65. The molecule has 0 saturated heterocycles. The Hall–Kier alpha value is -1.88. The minimum Gasteiger partial charge on any atom is -0.490 e. The van der Waals surface area contributed by atoms with E-state index in [1.165, 1.54) is 0 Å². The van der Waals surface area contributed by atoms with E-state index < -0.39 is 0 Å². The maximum Gasteiger partial charge on any atom is 0.255 e. The lowest BCUT2D eigenvalue weighted by Gasteiger charge is -2.13. The van der Waals surface area contributed by atoms with E-state index in [0.717, 1.165) is 9.88 Å². The zero-order valence-corrected chi connectivity index (χ0v) is 12.7. The van der Waals surface area contributed by atoms with Gasteiger partial charge < -0.3 is 10.1 Å². The Morgan fingerprint density at radius 2 is 2.15 bits per heavy atom. The molecule has 106 valence electrons. The third-order valence-electron chi connectivity index (χ3n) is 2.56. The van der Waals surface area contributed by atoms with Gasteiger partial charge in [-0.3, -0.25) is 4.79 Å². The molecule has 2 rings (SSSR count). The van der Waals surface area contributed by atoms with Crippen LogP contribution in [0, 0.1) is 6.92 Å². The number of carbonyl (C=O) groups is 1. The average molecular weight is 290 g/mol. The molecule has 0 saturated carbocycles. The summed E-state index contributed by atoms with van der Waals surface area (Å²) in [5, 5.41) is 3.77. The number of rotatable bonds is 5. The normalized spacial score (nSPS) is 10.6. The molecule has 0 fully saturated rings. The molecule has 1 amide bonds. The molecule has 0 aliphatic carbocycles.